The molecular formula is C14H19N3O4. The molecule has 1 aliphatic rings. The van der Waals surface area contributed by atoms with Gasteiger partial charge in [0.25, 0.3) is 5.69 Å². The van der Waals surface area contributed by atoms with Gasteiger partial charge in [-0.15, -0.1) is 0 Å². The van der Waals surface area contributed by atoms with Crippen molar-refractivity contribution in [2.75, 3.05) is 31.6 Å². The van der Waals surface area contributed by atoms with Crippen molar-refractivity contribution in [3.05, 3.63) is 33.9 Å². The summed E-state index contributed by atoms with van der Waals surface area (Å²) >= 11 is 0. The Morgan fingerprint density at radius 2 is 2.29 bits per heavy atom. The van der Waals surface area contributed by atoms with E-state index in [4.69, 9.17) is 4.74 Å². The zero-order valence-electron chi connectivity index (χ0n) is 12.0. The molecule has 1 N–H and O–H groups in total. The normalized spacial score (nSPS) is 15.1. The Morgan fingerprint density at radius 1 is 1.48 bits per heavy atom. The van der Waals surface area contributed by atoms with Crippen molar-refractivity contribution in [2.24, 2.45) is 0 Å². The molecule has 114 valence electrons. The van der Waals surface area contributed by atoms with Crippen molar-refractivity contribution in [3.8, 4) is 0 Å². The van der Waals surface area contributed by atoms with Crippen molar-refractivity contribution in [2.45, 2.75) is 19.9 Å². The van der Waals surface area contributed by atoms with E-state index in [0.717, 1.165) is 12.0 Å². The van der Waals surface area contributed by atoms with Gasteiger partial charge >= 0.3 is 0 Å². The van der Waals surface area contributed by atoms with Crippen molar-refractivity contribution in [1.82, 2.24) is 4.90 Å². The van der Waals surface area contributed by atoms with E-state index in [1.165, 1.54) is 6.07 Å². The Balaban J connectivity index is 2.15. The van der Waals surface area contributed by atoms with Crippen LogP contribution in [0.5, 0.6) is 0 Å². The number of morpholine rings is 1. The van der Waals surface area contributed by atoms with Gasteiger partial charge in [-0.1, -0.05) is 13.0 Å². The molecule has 0 unspecified atom stereocenters. The smallest absolute Gasteiger partial charge is 0.292 e. The van der Waals surface area contributed by atoms with Crippen LogP contribution in [0.1, 0.15) is 18.9 Å². The average molecular weight is 293 g/mol. The third-order valence-electron chi connectivity index (χ3n) is 3.28. The first-order chi connectivity index (χ1) is 10.1. The van der Waals surface area contributed by atoms with Crippen LogP contribution in [0.15, 0.2) is 18.2 Å². The number of nitro groups is 1. The lowest BCUT2D eigenvalue weighted by Gasteiger charge is -2.26. The molecule has 0 saturated carbocycles. The van der Waals surface area contributed by atoms with Gasteiger partial charge in [0, 0.05) is 25.7 Å². The van der Waals surface area contributed by atoms with E-state index in [2.05, 4.69) is 5.32 Å². The fourth-order valence-electron chi connectivity index (χ4n) is 2.17. The van der Waals surface area contributed by atoms with Crippen LogP contribution in [0.3, 0.4) is 0 Å². The van der Waals surface area contributed by atoms with Crippen LogP contribution in [0.2, 0.25) is 0 Å². The van der Waals surface area contributed by atoms with E-state index < -0.39 is 4.92 Å². The molecule has 7 heteroatoms. The molecule has 1 saturated heterocycles. The van der Waals surface area contributed by atoms with E-state index in [0.29, 0.717) is 31.9 Å². The van der Waals surface area contributed by atoms with Crippen molar-refractivity contribution < 1.29 is 14.5 Å². The van der Waals surface area contributed by atoms with Crippen LogP contribution in [0.4, 0.5) is 11.4 Å². The van der Waals surface area contributed by atoms with Gasteiger partial charge in [-0.3, -0.25) is 14.9 Å². The summed E-state index contributed by atoms with van der Waals surface area (Å²) in [6.45, 7) is 4.15. The molecule has 7 nitrogen and oxygen atoms in total. The molecule has 1 aromatic carbocycles. The molecule has 1 aliphatic heterocycles. The molecule has 0 aromatic heterocycles. The molecular weight excluding hydrogens is 274 g/mol. The number of amides is 1. The summed E-state index contributed by atoms with van der Waals surface area (Å²) in [5.74, 6) is -0.0860. The fourth-order valence-corrected chi connectivity index (χ4v) is 2.17. The van der Waals surface area contributed by atoms with Crippen molar-refractivity contribution in [1.29, 1.82) is 0 Å². The number of carbonyl (C=O) groups is 1. The average Bonchev–Trinajstić information content (AvgIpc) is 2.48. The first kappa shape index (κ1) is 15.2. The number of nitro benzene ring substituents is 1. The minimum Gasteiger partial charge on any atom is -0.380 e. The molecule has 1 amide bonds. The number of hydrogen-bond donors (Lipinski definition) is 1. The van der Waals surface area contributed by atoms with E-state index >= 15 is 0 Å². The number of rotatable bonds is 6. The molecule has 1 aromatic rings. The predicted molar refractivity (Wildman–Crippen MR) is 78.1 cm³/mol. The Labute approximate surface area is 123 Å². The lowest BCUT2D eigenvalue weighted by Crippen LogP contribution is -2.40. The number of ether oxygens (including phenoxy) is 1. The zero-order chi connectivity index (χ0) is 15.2. The summed E-state index contributed by atoms with van der Waals surface area (Å²) in [6, 6.07) is 5.04. The minimum atomic E-state index is -0.400. The van der Waals surface area contributed by atoms with Gasteiger partial charge < -0.3 is 15.0 Å². The van der Waals surface area contributed by atoms with Crippen LogP contribution in [0, 0.1) is 10.1 Å². The highest BCUT2D eigenvalue weighted by molar-refractivity contribution is 5.78. The molecule has 0 atom stereocenters. The second-order valence-corrected chi connectivity index (χ2v) is 4.90. The van der Waals surface area contributed by atoms with Crippen LogP contribution in [-0.4, -0.2) is 42.0 Å². The largest absolute Gasteiger partial charge is 0.380 e. The number of carbonyl (C=O) groups excluding carboxylic acids is 1. The molecule has 0 aliphatic carbocycles. The van der Waals surface area contributed by atoms with Gasteiger partial charge in [0.05, 0.1) is 11.5 Å². The summed E-state index contributed by atoms with van der Waals surface area (Å²) < 4.78 is 5.07. The van der Waals surface area contributed by atoms with E-state index in [9.17, 15) is 14.9 Å². The number of hydrogen-bond acceptors (Lipinski definition) is 5. The van der Waals surface area contributed by atoms with Gasteiger partial charge in [0.1, 0.15) is 12.3 Å². The SMILES string of the molecule is CCCNc1ccc(CN2CCOCC2=O)cc1[N+](=O)[O-]. The van der Waals surface area contributed by atoms with Gasteiger partial charge in [0.15, 0.2) is 0 Å². The number of benzene rings is 1. The maximum absolute atomic E-state index is 11.7. The highest BCUT2D eigenvalue weighted by atomic mass is 16.6. The summed E-state index contributed by atoms with van der Waals surface area (Å²) in [5.41, 5.74) is 1.31. The predicted octanol–water partition coefficient (Wildman–Crippen LogP) is 1.78. The highest BCUT2D eigenvalue weighted by Gasteiger charge is 2.20. The minimum absolute atomic E-state index is 0.0432. The summed E-state index contributed by atoms with van der Waals surface area (Å²) in [7, 11) is 0. The Morgan fingerprint density at radius 3 is 2.95 bits per heavy atom. The van der Waals surface area contributed by atoms with Crippen LogP contribution in [0.25, 0.3) is 0 Å². The van der Waals surface area contributed by atoms with Gasteiger partial charge in [0.2, 0.25) is 5.91 Å². The number of anilines is 1. The first-order valence-corrected chi connectivity index (χ1v) is 6.98. The Hall–Kier alpha value is -2.15. The summed E-state index contributed by atoms with van der Waals surface area (Å²) in [5, 5.41) is 14.2. The quantitative estimate of drug-likeness (QED) is 0.638. The standard InChI is InChI=1S/C14H19N3O4/c1-2-5-15-12-4-3-11(8-13(12)17(19)20)9-16-6-7-21-10-14(16)18/h3-4,8,15H,2,5-7,9-10H2,1H3. The maximum Gasteiger partial charge on any atom is 0.292 e. The third kappa shape index (κ3) is 3.91. The van der Waals surface area contributed by atoms with Crippen molar-refractivity contribution in [3.63, 3.8) is 0 Å². The van der Waals surface area contributed by atoms with Gasteiger partial charge in [-0.2, -0.15) is 0 Å². The zero-order valence-corrected chi connectivity index (χ0v) is 12.0. The molecule has 2 rings (SSSR count). The van der Waals surface area contributed by atoms with Crippen LogP contribution in [-0.2, 0) is 16.1 Å². The number of nitrogens with zero attached hydrogens (tertiary/aromatic N) is 2. The molecule has 21 heavy (non-hydrogen) atoms. The first-order valence-electron chi connectivity index (χ1n) is 6.98. The Bertz CT molecular complexity index is 533. The molecule has 0 spiro atoms. The molecule has 0 bridgehead atoms. The summed E-state index contributed by atoms with van der Waals surface area (Å²) in [4.78, 5) is 24.1. The molecule has 1 fully saturated rings. The monoisotopic (exact) mass is 293 g/mol. The van der Waals surface area contributed by atoms with Crippen LogP contribution >= 0.6 is 0 Å². The second-order valence-electron chi connectivity index (χ2n) is 4.90. The fraction of sp³-hybridized carbons (Fsp3) is 0.500. The van der Waals surface area contributed by atoms with Gasteiger partial charge in [-0.25, -0.2) is 0 Å². The molecule has 0 radical (unpaired) electrons. The van der Waals surface area contributed by atoms with E-state index in [1.54, 1.807) is 11.0 Å². The molecule has 1 heterocycles. The van der Waals surface area contributed by atoms with Crippen molar-refractivity contribution >= 4 is 17.3 Å². The highest BCUT2D eigenvalue weighted by Crippen LogP contribution is 2.26. The van der Waals surface area contributed by atoms with E-state index in [1.807, 2.05) is 13.0 Å². The lowest BCUT2D eigenvalue weighted by molar-refractivity contribution is -0.384. The second kappa shape index (κ2) is 7.03. The Kier molecular flexibility index (Phi) is 5.10. The van der Waals surface area contributed by atoms with Gasteiger partial charge in [-0.05, 0) is 18.1 Å². The lowest BCUT2D eigenvalue weighted by atomic mass is 10.1. The van der Waals surface area contributed by atoms with Crippen LogP contribution < -0.4 is 5.32 Å². The summed E-state index contributed by atoms with van der Waals surface area (Å²) in [6.07, 6.45) is 0.890. The maximum atomic E-state index is 11.7. The van der Waals surface area contributed by atoms with E-state index in [-0.39, 0.29) is 18.2 Å². The topological polar surface area (TPSA) is 84.7 Å². The third-order valence-corrected chi connectivity index (χ3v) is 3.28. The number of nitrogens with one attached hydrogen (secondary N) is 1.